The Kier molecular flexibility index (Phi) is 7.90. The van der Waals surface area contributed by atoms with Crippen molar-refractivity contribution in [2.45, 2.75) is 32.4 Å². The van der Waals surface area contributed by atoms with Gasteiger partial charge in [-0.05, 0) is 75.4 Å². The van der Waals surface area contributed by atoms with Crippen molar-refractivity contribution in [1.82, 2.24) is 0 Å². The van der Waals surface area contributed by atoms with Crippen molar-refractivity contribution < 1.29 is 27.5 Å². The average Bonchev–Trinajstić information content (AvgIpc) is 2.77. The molecule has 0 aromatic heterocycles. The number of rotatable bonds is 6. The molecule has 2 amide bonds. The zero-order chi connectivity index (χ0) is 25.8. The van der Waals surface area contributed by atoms with Crippen LogP contribution in [0.4, 0.5) is 24.5 Å². The fraction of sp³-hybridized carbons (Fsp3) is 0.231. The molecule has 0 heterocycles. The summed E-state index contributed by atoms with van der Waals surface area (Å²) in [5.41, 5.74) is 0.740. The van der Waals surface area contributed by atoms with E-state index in [1.165, 1.54) is 24.3 Å². The molecule has 0 aliphatic rings. The molecule has 184 valence electrons. The quantitative estimate of drug-likeness (QED) is 0.347. The lowest BCUT2D eigenvalue weighted by Crippen LogP contribution is -2.21. The summed E-state index contributed by atoms with van der Waals surface area (Å²) in [6, 6.07) is 16.1. The first kappa shape index (κ1) is 26.3. The van der Waals surface area contributed by atoms with E-state index < -0.39 is 23.6 Å². The monoisotopic (exact) mass is 548 g/mol. The van der Waals surface area contributed by atoms with Crippen LogP contribution in [0, 0.1) is 0 Å². The topological polar surface area (TPSA) is 67.4 Å². The predicted octanol–water partition coefficient (Wildman–Crippen LogP) is 7.04. The summed E-state index contributed by atoms with van der Waals surface area (Å²) in [6.45, 7) is 6.03. The third-order valence-electron chi connectivity index (χ3n) is 5.01. The highest BCUT2D eigenvalue weighted by atomic mass is 79.9. The van der Waals surface area contributed by atoms with Crippen molar-refractivity contribution in [3.05, 3.63) is 87.9 Å². The molecular weight excluding hydrogens is 525 g/mol. The molecule has 0 unspecified atom stereocenters. The van der Waals surface area contributed by atoms with Crippen molar-refractivity contribution in [2.75, 3.05) is 17.2 Å². The molecule has 0 aliphatic carbocycles. The van der Waals surface area contributed by atoms with Crippen LogP contribution in [0.5, 0.6) is 5.75 Å². The van der Waals surface area contributed by atoms with Gasteiger partial charge in [-0.1, -0.05) is 39.0 Å². The van der Waals surface area contributed by atoms with E-state index in [1.54, 1.807) is 18.2 Å². The molecule has 0 saturated carbocycles. The number of alkyl halides is 3. The number of amides is 2. The number of ether oxygens (including phenoxy) is 1. The van der Waals surface area contributed by atoms with Gasteiger partial charge in [0.05, 0.1) is 10.0 Å². The highest BCUT2D eigenvalue weighted by Gasteiger charge is 2.30. The van der Waals surface area contributed by atoms with Crippen LogP contribution in [0.1, 0.15) is 42.3 Å². The molecule has 9 heteroatoms. The number of carbonyl (C=O) groups is 2. The van der Waals surface area contributed by atoms with Gasteiger partial charge < -0.3 is 15.4 Å². The normalized spacial score (nSPS) is 11.6. The molecule has 5 nitrogen and oxygen atoms in total. The predicted molar refractivity (Wildman–Crippen MR) is 133 cm³/mol. The van der Waals surface area contributed by atoms with E-state index in [2.05, 4.69) is 47.3 Å². The van der Waals surface area contributed by atoms with Crippen LogP contribution >= 0.6 is 15.9 Å². The lowest BCUT2D eigenvalue weighted by Gasteiger charge is -2.20. The molecule has 35 heavy (non-hydrogen) atoms. The Morgan fingerprint density at radius 3 is 2.14 bits per heavy atom. The van der Waals surface area contributed by atoms with E-state index in [0.29, 0.717) is 11.4 Å². The highest BCUT2D eigenvalue weighted by molar-refractivity contribution is 9.10. The molecule has 3 rings (SSSR count). The van der Waals surface area contributed by atoms with Gasteiger partial charge in [-0.25, -0.2) is 0 Å². The second-order valence-corrected chi connectivity index (χ2v) is 9.70. The molecular formula is C26H24BrF3N2O3. The van der Waals surface area contributed by atoms with Gasteiger partial charge in [0.1, 0.15) is 5.75 Å². The lowest BCUT2D eigenvalue weighted by atomic mass is 9.87. The fourth-order valence-corrected chi connectivity index (χ4v) is 3.63. The molecule has 0 fully saturated rings. The Morgan fingerprint density at radius 2 is 1.51 bits per heavy atom. The van der Waals surface area contributed by atoms with E-state index in [9.17, 15) is 22.8 Å². The van der Waals surface area contributed by atoms with Gasteiger partial charge in [0.25, 0.3) is 11.8 Å². The van der Waals surface area contributed by atoms with E-state index in [0.717, 1.165) is 22.2 Å². The first-order valence-electron chi connectivity index (χ1n) is 10.6. The average molecular weight is 549 g/mol. The third-order valence-corrected chi connectivity index (χ3v) is 5.63. The summed E-state index contributed by atoms with van der Waals surface area (Å²) in [5.74, 6) is -0.533. The number of carbonyl (C=O) groups excluding carboxylic acids is 2. The van der Waals surface area contributed by atoms with Gasteiger partial charge in [0, 0.05) is 16.9 Å². The van der Waals surface area contributed by atoms with Crippen LogP contribution in [-0.4, -0.2) is 18.4 Å². The van der Waals surface area contributed by atoms with Crippen molar-refractivity contribution in [3.63, 3.8) is 0 Å². The summed E-state index contributed by atoms with van der Waals surface area (Å²) < 4.78 is 45.0. The van der Waals surface area contributed by atoms with Crippen LogP contribution in [0.25, 0.3) is 0 Å². The molecule has 0 aliphatic heterocycles. The zero-order valence-electron chi connectivity index (χ0n) is 19.3. The second-order valence-electron chi connectivity index (χ2n) is 8.85. The van der Waals surface area contributed by atoms with Crippen molar-refractivity contribution in [1.29, 1.82) is 0 Å². The first-order chi connectivity index (χ1) is 16.3. The Hall–Kier alpha value is -3.33. The minimum absolute atomic E-state index is 0.00993. The molecule has 3 aromatic carbocycles. The van der Waals surface area contributed by atoms with Gasteiger partial charge in [-0.3, -0.25) is 9.59 Å². The lowest BCUT2D eigenvalue weighted by molar-refractivity contribution is -0.137. The van der Waals surface area contributed by atoms with E-state index in [-0.39, 0.29) is 23.3 Å². The number of hydrogen-bond acceptors (Lipinski definition) is 3. The van der Waals surface area contributed by atoms with E-state index in [1.807, 2.05) is 12.1 Å². The number of hydrogen-bond donors (Lipinski definition) is 2. The van der Waals surface area contributed by atoms with Gasteiger partial charge in [-0.15, -0.1) is 0 Å². The van der Waals surface area contributed by atoms with Gasteiger partial charge in [0.2, 0.25) is 0 Å². The van der Waals surface area contributed by atoms with E-state index in [4.69, 9.17) is 4.74 Å². The summed E-state index contributed by atoms with van der Waals surface area (Å²) >= 11 is 3.46. The Balaban J connectivity index is 1.61. The second kappa shape index (κ2) is 10.5. The Bertz CT molecular complexity index is 1240. The molecule has 0 saturated heterocycles. The van der Waals surface area contributed by atoms with Crippen molar-refractivity contribution in [3.8, 4) is 5.75 Å². The van der Waals surface area contributed by atoms with Crippen LogP contribution in [-0.2, 0) is 16.4 Å². The standard InChI is InChI=1S/C26H24BrF3N2O3/c1-25(2,3)17-10-11-22(21(27)14-17)35-15-23(33)31-19-8-4-6-16(12-19)24(34)32-20-9-5-7-18(13-20)26(28,29)30/h4-14H,15H2,1-3H3,(H,31,33)(H,32,34). The maximum Gasteiger partial charge on any atom is 0.416 e. The summed E-state index contributed by atoms with van der Waals surface area (Å²) in [4.78, 5) is 24.9. The van der Waals surface area contributed by atoms with Crippen LogP contribution in [0.15, 0.2) is 71.2 Å². The van der Waals surface area contributed by atoms with Gasteiger partial charge >= 0.3 is 6.18 Å². The molecule has 2 N–H and O–H groups in total. The van der Waals surface area contributed by atoms with E-state index >= 15 is 0 Å². The van der Waals surface area contributed by atoms with Crippen LogP contribution in [0.3, 0.4) is 0 Å². The SMILES string of the molecule is CC(C)(C)c1ccc(OCC(=O)Nc2cccc(C(=O)Nc3cccc(C(F)(F)F)c3)c2)c(Br)c1. The molecule has 0 bridgehead atoms. The molecule has 0 atom stereocenters. The fourth-order valence-electron chi connectivity index (χ4n) is 3.14. The molecule has 0 radical (unpaired) electrons. The Morgan fingerprint density at radius 1 is 0.857 bits per heavy atom. The first-order valence-corrected chi connectivity index (χ1v) is 11.4. The maximum absolute atomic E-state index is 12.9. The number of nitrogens with one attached hydrogen (secondary N) is 2. The van der Waals surface area contributed by atoms with Gasteiger partial charge in [0.15, 0.2) is 6.61 Å². The van der Waals surface area contributed by atoms with Crippen molar-refractivity contribution >= 4 is 39.1 Å². The summed E-state index contributed by atoms with van der Waals surface area (Å²) in [6.07, 6.45) is -4.52. The Labute approximate surface area is 209 Å². The smallest absolute Gasteiger partial charge is 0.416 e. The largest absolute Gasteiger partial charge is 0.483 e. The number of benzene rings is 3. The summed E-state index contributed by atoms with van der Waals surface area (Å²) in [7, 11) is 0. The highest BCUT2D eigenvalue weighted by Crippen LogP contribution is 2.32. The molecule has 3 aromatic rings. The number of anilines is 2. The molecule has 0 spiro atoms. The minimum Gasteiger partial charge on any atom is -0.483 e. The summed E-state index contributed by atoms with van der Waals surface area (Å²) in [5, 5.41) is 5.09. The maximum atomic E-state index is 12.9. The van der Waals surface area contributed by atoms with Crippen LogP contribution < -0.4 is 15.4 Å². The van der Waals surface area contributed by atoms with Crippen LogP contribution in [0.2, 0.25) is 0 Å². The minimum atomic E-state index is -4.52. The number of halogens is 4. The zero-order valence-corrected chi connectivity index (χ0v) is 20.9. The van der Waals surface area contributed by atoms with Gasteiger partial charge in [-0.2, -0.15) is 13.2 Å². The third kappa shape index (κ3) is 7.32. The van der Waals surface area contributed by atoms with Crippen molar-refractivity contribution in [2.24, 2.45) is 0 Å².